The summed E-state index contributed by atoms with van der Waals surface area (Å²) in [5, 5.41) is 2.86. The summed E-state index contributed by atoms with van der Waals surface area (Å²) in [6.07, 6.45) is 0.696. The van der Waals surface area contributed by atoms with Crippen LogP contribution >= 0.6 is 11.6 Å². The predicted octanol–water partition coefficient (Wildman–Crippen LogP) is 2.07. The maximum atomic E-state index is 11.9. The number of alkyl halides is 1. The van der Waals surface area contributed by atoms with Gasteiger partial charge in [0.2, 0.25) is 0 Å². The Labute approximate surface area is 112 Å². The highest BCUT2D eigenvalue weighted by Crippen LogP contribution is 2.11. The summed E-state index contributed by atoms with van der Waals surface area (Å²) in [4.78, 5) is 11.9. The standard InChI is InChI=1S/C13H18ClNO3/c1-17-8-7-11(9-14)15-13(16)10-3-5-12(18-2)6-4-10/h3-6,11H,7-9H2,1-2H3,(H,15,16). The molecule has 0 saturated heterocycles. The first kappa shape index (κ1) is 14.8. The molecule has 0 saturated carbocycles. The van der Waals surface area contributed by atoms with Crippen LogP contribution in [-0.2, 0) is 4.74 Å². The highest BCUT2D eigenvalue weighted by atomic mass is 35.5. The molecule has 0 aliphatic heterocycles. The van der Waals surface area contributed by atoms with E-state index in [0.29, 0.717) is 24.5 Å². The van der Waals surface area contributed by atoms with Crippen LogP contribution in [0, 0.1) is 0 Å². The number of rotatable bonds is 7. The van der Waals surface area contributed by atoms with E-state index in [4.69, 9.17) is 21.1 Å². The molecule has 0 radical (unpaired) electrons. The first-order valence-electron chi connectivity index (χ1n) is 5.71. The van der Waals surface area contributed by atoms with Gasteiger partial charge in [-0.1, -0.05) is 0 Å². The molecule has 0 fully saturated rings. The van der Waals surface area contributed by atoms with Gasteiger partial charge in [0.15, 0.2) is 0 Å². The van der Waals surface area contributed by atoms with Gasteiger partial charge in [-0.05, 0) is 30.7 Å². The molecule has 18 heavy (non-hydrogen) atoms. The molecule has 0 aliphatic carbocycles. The largest absolute Gasteiger partial charge is 0.497 e. The van der Waals surface area contributed by atoms with Crippen molar-refractivity contribution in [3.8, 4) is 5.75 Å². The maximum Gasteiger partial charge on any atom is 0.251 e. The lowest BCUT2D eigenvalue weighted by Crippen LogP contribution is -2.36. The van der Waals surface area contributed by atoms with E-state index in [0.717, 1.165) is 5.75 Å². The highest BCUT2D eigenvalue weighted by molar-refractivity contribution is 6.18. The zero-order valence-electron chi connectivity index (χ0n) is 10.6. The number of ether oxygens (including phenoxy) is 2. The van der Waals surface area contributed by atoms with Gasteiger partial charge in [0, 0.05) is 31.2 Å². The van der Waals surface area contributed by atoms with E-state index in [1.807, 2.05) is 0 Å². The molecule has 0 heterocycles. The molecule has 1 N–H and O–H groups in total. The lowest BCUT2D eigenvalue weighted by Gasteiger charge is -2.15. The fraction of sp³-hybridized carbons (Fsp3) is 0.462. The minimum Gasteiger partial charge on any atom is -0.497 e. The third-order valence-electron chi connectivity index (χ3n) is 2.54. The molecule has 0 aliphatic rings. The molecule has 0 bridgehead atoms. The normalized spacial score (nSPS) is 11.9. The summed E-state index contributed by atoms with van der Waals surface area (Å²) < 4.78 is 10.0. The Morgan fingerprint density at radius 2 is 2.00 bits per heavy atom. The number of hydrogen-bond donors (Lipinski definition) is 1. The second-order valence-electron chi connectivity index (χ2n) is 3.83. The molecule has 0 aromatic heterocycles. The number of amides is 1. The van der Waals surface area contributed by atoms with Crippen molar-refractivity contribution in [3.63, 3.8) is 0 Å². The van der Waals surface area contributed by atoms with Crippen LogP contribution in [0.4, 0.5) is 0 Å². The first-order chi connectivity index (χ1) is 8.71. The number of halogens is 1. The Kier molecular flexibility index (Phi) is 6.54. The summed E-state index contributed by atoms with van der Waals surface area (Å²) in [5.41, 5.74) is 0.586. The molecular formula is C13H18ClNO3. The Bertz CT molecular complexity index is 367. The minimum absolute atomic E-state index is 0.0822. The zero-order chi connectivity index (χ0) is 13.4. The summed E-state index contributed by atoms with van der Waals surface area (Å²) in [5.74, 6) is 0.949. The fourth-order valence-corrected chi connectivity index (χ4v) is 1.69. The molecule has 0 spiro atoms. The third-order valence-corrected chi connectivity index (χ3v) is 2.92. The molecule has 1 aromatic rings. The number of methoxy groups -OCH3 is 2. The van der Waals surface area contributed by atoms with Gasteiger partial charge >= 0.3 is 0 Å². The molecule has 1 amide bonds. The minimum atomic E-state index is -0.139. The summed E-state index contributed by atoms with van der Waals surface area (Å²) in [7, 11) is 3.21. The lowest BCUT2D eigenvalue weighted by molar-refractivity contribution is 0.0930. The van der Waals surface area contributed by atoms with Crippen molar-refractivity contribution in [2.75, 3.05) is 26.7 Å². The number of nitrogens with one attached hydrogen (secondary N) is 1. The van der Waals surface area contributed by atoms with Gasteiger partial charge in [0.05, 0.1) is 7.11 Å². The summed E-state index contributed by atoms with van der Waals surface area (Å²) in [6, 6.07) is 6.85. The molecule has 4 nitrogen and oxygen atoms in total. The van der Waals surface area contributed by atoms with Crippen LogP contribution in [0.3, 0.4) is 0 Å². The van der Waals surface area contributed by atoms with E-state index < -0.39 is 0 Å². The van der Waals surface area contributed by atoms with E-state index in [2.05, 4.69) is 5.32 Å². The van der Waals surface area contributed by atoms with Crippen molar-refractivity contribution < 1.29 is 14.3 Å². The first-order valence-corrected chi connectivity index (χ1v) is 6.24. The van der Waals surface area contributed by atoms with Crippen LogP contribution in [0.5, 0.6) is 5.75 Å². The van der Waals surface area contributed by atoms with E-state index in [-0.39, 0.29) is 11.9 Å². The van der Waals surface area contributed by atoms with Gasteiger partial charge in [-0.15, -0.1) is 11.6 Å². The average Bonchev–Trinajstić information content (AvgIpc) is 2.43. The van der Waals surface area contributed by atoms with Crippen molar-refractivity contribution in [1.82, 2.24) is 5.32 Å². The molecule has 100 valence electrons. The monoisotopic (exact) mass is 271 g/mol. The maximum absolute atomic E-state index is 11.9. The smallest absolute Gasteiger partial charge is 0.251 e. The van der Waals surface area contributed by atoms with Crippen LogP contribution < -0.4 is 10.1 Å². The van der Waals surface area contributed by atoms with Crippen LogP contribution in [0.1, 0.15) is 16.8 Å². The van der Waals surface area contributed by atoms with Crippen LogP contribution in [0.25, 0.3) is 0 Å². The molecule has 5 heteroatoms. The van der Waals surface area contributed by atoms with Gasteiger partial charge in [-0.25, -0.2) is 0 Å². The van der Waals surface area contributed by atoms with Crippen molar-refractivity contribution in [3.05, 3.63) is 29.8 Å². The number of hydrogen-bond acceptors (Lipinski definition) is 3. The second kappa shape index (κ2) is 7.95. The Morgan fingerprint density at radius 3 is 2.50 bits per heavy atom. The molecule has 1 atom stereocenters. The van der Waals surface area contributed by atoms with Gasteiger partial charge < -0.3 is 14.8 Å². The highest BCUT2D eigenvalue weighted by Gasteiger charge is 2.12. The molecule has 1 rings (SSSR count). The molecular weight excluding hydrogens is 254 g/mol. The third kappa shape index (κ3) is 4.55. The van der Waals surface area contributed by atoms with Crippen molar-refractivity contribution in [2.45, 2.75) is 12.5 Å². The fourth-order valence-electron chi connectivity index (χ4n) is 1.46. The predicted molar refractivity (Wildman–Crippen MR) is 71.5 cm³/mol. The van der Waals surface area contributed by atoms with Crippen molar-refractivity contribution in [2.24, 2.45) is 0 Å². The van der Waals surface area contributed by atoms with Crippen molar-refractivity contribution >= 4 is 17.5 Å². The second-order valence-corrected chi connectivity index (χ2v) is 4.14. The van der Waals surface area contributed by atoms with Gasteiger partial charge in [0.25, 0.3) is 5.91 Å². The summed E-state index contributed by atoms with van der Waals surface area (Å²) in [6.45, 7) is 0.570. The van der Waals surface area contributed by atoms with Gasteiger partial charge in [0.1, 0.15) is 5.75 Å². The van der Waals surface area contributed by atoms with E-state index in [1.165, 1.54) is 0 Å². The Hall–Kier alpha value is -1.26. The van der Waals surface area contributed by atoms with Crippen LogP contribution in [0.2, 0.25) is 0 Å². The van der Waals surface area contributed by atoms with E-state index >= 15 is 0 Å². The topological polar surface area (TPSA) is 47.6 Å². The van der Waals surface area contributed by atoms with E-state index in [1.54, 1.807) is 38.5 Å². The lowest BCUT2D eigenvalue weighted by atomic mass is 10.1. The van der Waals surface area contributed by atoms with Gasteiger partial charge in [-0.2, -0.15) is 0 Å². The van der Waals surface area contributed by atoms with Crippen molar-refractivity contribution in [1.29, 1.82) is 0 Å². The average molecular weight is 272 g/mol. The summed E-state index contributed by atoms with van der Waals surface area (Å²) >= 11 is 5.79. The number of carbonyl (C=O) groups excluding carboxylic acids is 1. The van der Waals surface area contributed by atoms with Crippen LogP contribution in [0.15, 0.2) is 24.3 Å². The molecule has 1 aromatic carbocycles. The van der Waals surface area contributed by atoms with Crippen LogP contribution in [-0.4, -0.2) is 38.7 Å². The Morgan fingerprint density at radius 1 is 1.33 bits per heavy atom. The van der Waals surface area contributed by atoms with E-state index in [9.17, 15) is 4.79 Å². The molecule has 1 unspecified atom stereocenters. The zero-order valence-corrected chi connectivity index (χ0v) is 11.4. The quantitative estimate of drug-likeness (QED) is 0.773. The van der Waals surface area contributed by atoms with Gasteiger partial charge in [-0.3, -0.25) is 4.79 Å². The Balaban J connectivity index is 2.56. The SMILES string of the molecule is COCCC(CCl)NC(=O)c1ccc(OC)cc1. The number of benzene rings is 1. The number of carbonyl (C=O) groups is 1.